The molecule has 0 aliphatic heterocycles. The molecule has 1 aromatic rings. The van der Waals surface area contributed by atoms with E-state index in [1.54, 1.807) is 13.2 Å². The lowest BCUT2D eigenvalue weighted by Crippen LogP contribution is -2.42. The first-order valence-electron chi connectivity index (χ1n) is 7.84. The second-order valence-electron chi connectivity index (χ2n) is 6.28. The van der Waals surface area contributed by atoms with Gasteiger partial charge in [-0.05, 0) is 24.7 Å². The first-order chi connectivity index (χ1) is 10.0. The van der Waals surface area contributed by atoms with Gasteiger partial charge in [-0.2, -0.15) is 0 Å². The lowest BCUT2D eigenvalue weighted by molar-refractivity contribution is 0.0846. The maximum absolute atomic E-state index is 12.5. The number of anilines is 1. The van der Waals surface area contributed by atoms with Gasteiger partial charge < -0.3 is 10.6 Å². The minimum atomic E-state index is -0.108. The summed E-state index contributed by atoms with van der Waals surface area (Å²) in [6.45, 7) is 6.99. The van der Waals surface area contributed by atoms with Crippen molar-refractivity contribution in [3.63, 3.8) is 0 Å². The van der Waals surface area contributed by atoms with Crippen molar-refractivity contribution in [3.8, 4) is 0 Å². The van der Waals surface area contributed by atoms with E-state index in [9.17, 15) is 4.79 Å². The average Bonchev–Trinajstić information content (AvgIpc) is 2.45. The Labute approximate surface area is 127 Å². The number of hydrogen-bond donors (Lipinski definition) is 2. The number of nitrogens with one attached hydrogen (secondary N) is 2. The van der Waals surface area contributed by atoms with Gasteiger partial charge in [0.25, 0.3) is 5.91 Å². The van der Waals surface area contributed by atoms with Crippen molar-refractivity contribution in [2.45, 2.75) is 52.4 Å². The Morgan fingerprint density at radius 3 is 2.62 bits per heavy atom. The van der Waals surface area contributed by atoms with E-state index < -0.39 is 0 Å². The Balaban J connectivity index is 2.12. The molecule has 2 N–H and O–H groups in total. The fourth-order valence-corrected chi connectivity index (χ4v) is 2.71. The van der Waals surface area contributed by atoms with Crippen LogP contribution in [0.25, 0.3) is 0 Å². The van der Waals surface area contributed by atoms with Crippen LogP contribution < -0.4 is 10.6 Å². The van der Waals surface area contributed by atoms with Crippen molar-refractivity contribution < 1.29 is 4.79 Å². The number of amides is 1. The van der Waals surface area contributed by atoms with Gasteiger partial charge in [0.05, 0.1) is 11.9 Å². The van der Waals surface area contributed by atoms with Gasteiger partial charge in [0.1, 0.15) is 5.82 Å². The molecule has 1 saturated carbocycles. The topological polar surface area (TPSA) is 66.9 Å². The molecular formula is C16H26N4O. The lowest BCUT2D eigenvalue weighted by Gasteiger charge is -2.41. The maximum atomic E-state index is 12.5. The van der Waals surface area contributed by atoms with E-state index in [2.05, 4.69) is 27.5 Å². The van der Waals surface area contributed by atoms with E-state index in [0.29, 0.717) is 22.6 Å². The third-order valence-corrected chi connectivity index (χ3v) is 4.60. The Bertz CT molecular complexity index is 503. The van der Waals surface area contributed by atoms with Gasteiger partial charge in [0.2, 0.25) is 0 Å². The van der Waals surface area contributed by atoms with Crippen LogP contribution in [0, 0.1) is 5.41 Å². The summed E-state index contributed by atoms with van der Waals surface area (Å²) < 4.78 is 0. The second kappa shape index (κ2) is 6.41. The zero-order valence-electron chi connectivity index (χ0n) is 13.5. The van der Waals surface area contributed by atoms with Crippen LogP contribution in [0.15, 0.2) is 6.20 Å². The summed E-state index contributed by atoms with van der Waals surface area (Å²) >= 11 is 0. The molecule has 0 atom stereocenters. The summed E-state index contributed by atoms with van der Waals surface area (Å²) in [4.78, 5) is 21.2. The van der Waals surface area contributed by atoms with E-state index >= 15 is 0 Å². The average molecular weight is 290 g/mol. The fraction of sp³-hybridized carbons (Fsp3) is 0.688. The van der Waals surface area contributed by atoms with Crippen molar-refractivity contribution in [2.24, 2.45) is 5.41 Å². The predicted molar refractivity (Wildman–Crippen MR) is 84.6 cm³/mol. The van der Waals surface area contributed by atoms with Crippen LogP contribution in [-0.2, 0) is 0 Å². The quantitative estimate of drug-likeness (QED) is 0.845. The number of hydrogen-bond acceptors (Lipinski definition) is 4. The molecule has 0 aromatic carbocycles. The Hall–Kier alpha value is -1.65. The van der Waals surface area contributed by atoms with Gasteiger partial charge in [-0.3, -0.25) is 4.79 Å². The van der Waals surface area contributed by atoms with E-state index in [1.165, 1.54) is 19.3 Å². The van der Waals surface area contributed by atoms with Crippen LogP contribution in [0.4, 0.5) is 5.69 Å². The number of carbonyl (C=O) groups excluding carboxylic acids is 1. The fourth-order valence-electron chi connectivity index (χ4n) is 2.71. The largest absolute Gasteiger partial charge is 0.385 e. The highest BCUT2D eigenvalue weighted by Crippen LogP contribution is 2.43. The minimum Gasteiger partial charge on any atom is -0.385 e. The number of rotatable bonds is 6. The second-order valence-corrected chi connectivity index (χ2v) is 6.28. The van der Waals surface area contributed by atoms with Crippen LogP contribution in [0.1, 0.15) is 68.7 Å². The maximum Gasteiger partial charge on any atom is 0.272 e. The molecule has 0 spiro atoms. The smallest absolute Gasteiger partial charge is 0.272 e. The van der Waals surface area contributed by atoms with E-state index in [-0.39, 0.29) is 11.8 Å². The first kappa shape index (κ1) is 15.7. The highest BCUT2D eigenvalue weighted by Gasteiger charge is 2.35. The molecule has 0 unspecified atom stereocenters. The van der Waals surface area contributed by atoms with Crippen molar-refractivity contribution >= 4 is 11.6 Å². The molecule has 5 heteroatoms. The van der Waals surface area contributed by atoms with Crippen molar-refractivity contribution in [1.82, 2.24) is 15.3 Å². The van der Waals surface area contributed by atoms with Gasteiger partial charge >= 0.3 is 0 Å². The molecule has 1 amide bonds. The highest BCUT2D eigenvalue weighted by molar-refractivity contribution is 5.97. The van der Waals surface area contributed by atoms with Crippen molar-refractivity contribution in [2.75, 3.05) is 18.9 Å². The molecule has 0 saturated heterocycles. The van der Waals surface area contributed by atoms with Gasteiger partial charge in [-0.15, -0.1) is 0 Å². The van der Waals surface area contributed by atoms with E-state index in [0.717, 1.165) is 13.0 Å². The van der Waals surface area contributed by atoms with Crippen molar-refractivity contribution in [1.29, 1.82) is 0 Å². The SMILES string of the molecule is CCC1(CNC(=O)c2nc(C(C)C)ncc2NC)CCC1. The van der Waals surface area contributed by atoms with Crippen LogP contribution in [-0.4, -0.2) is 29.5 Å². The molecule has 1 heterocycles. The molecule has 1 fully saturated rings. The standard InChI is InChI=1S/C16H26N4O/c1-5-16(7-6-8-16)10-19-15(21)13-12(17-4)9-18-14(20-13)11(2)3/h9,11,17H,5-8,10H2,1-4H3,(H,19,21). The molecule has 116 valence electrons. The predicted octanol–water partition coefficient (Wildman–Crippen LogP) is 2.95. The molecule has 21 heavy (non-hydrogen) atoms. The molecule has 5 nitrogen and oxygen atoms in total. The van der Waals surface area contributed by atoms with Crippen LogP contribution in [0.5, 0.6) is 0 Å². The molecule has 1 aromatic heterocycles. The zero-order chi connectivity index (χ0) is 15.5. The first-order valence-corrected chi connectivity index (χ1v) is 7.84. The Morgan fingerprint density at radius 1 is 1.43 bits per heavy atom. The molecule has 1 aliphatic rings. The van der Waals surface area contributed by atoms with Gasteiger partial charge in [-0.1, -0.05) is 27.2 Å². The summed E-state index contributed by atoms with van der Waals surface area (Å²) in [5.41, 5.74) is 1.43. The summed E-state index contributed by atoms with van der Waals surface area (Å²) in [5, 5.41) is 6.06. The van der Waals surface area contributed by atoms with Crippen LogP contribution in [0.3, 0.4) is 0 Å². The minimum absolute atomic E-state index is 0.108. The normalized spacial score (nSPS) is 16.4. The summed E-state index contributed by atoms with van der Waals surface area (Å²) in [7, 11) is 1.78. The number of nitrogens with zero attached hydrogens (tertiary/aromatic N) is 2. The number of aromatic nitrogens is 2. The summed E-state index contributed by atoms with van der Waals surface area (Å²) in [5.74, 6) is 0.799. The van der Waals surface area contributed by atoms with E-state index in [1.807, 2.05) is 13.8 Å². The molecule has 0 radical (unpaired) electrons. The zero-order valence-corrected chi connectivity index (χ0v) is 13.5. The molecule has 0 bridgehead atoms. The Morgan fingerprint density at radius 2 is 2.14 bits per heavy atom. The lowest BCUT2D eigenvalue weighted by atomic mass is 9.67. The monoisotopic (exact) mass is 290 g/mol. The molecule has 2 rings (SSSR count). The third kappa shape index (κ3) is 3.34. The molecule has 1 aliphatic carbocycles. The van der Waals surface area contributed by atoms with Gasteiger partial charge in [-0.25, -0.2) is 9.97 Å². The summed E-state index contributed by atoms with van der Waals surface area (Å²) in [6.07, 6.45) is 6.51. The summed E-state index contributed by atoms with van der Waals surface area (Å²) in [6, 6.07) is 0. The van der Waals surface area contributed by atoms with Crippen LogP contribution in [0.2, 0.25) is 0 Å². The highest BCUT2D eigenvalue weighted by atomic mass is 16.1. The van der Waals surface area contributed by atoms with Gasteiger partial charge in [0.15, 0.2) is 5.69 Å². The third-order valence-electron chi connectivity index (χ3n) is 4.60. The Kier molecular flexibility index (Phi) is 4.80. The van der Waals surface area contributed by atoms with Crippen molar-refractivity contribution in [3.05, 3.63) is 17.7 Å². The van der Waals surface area contributed by atoms with Gasteiger partial charge in [0, 0.05) is 19.5 Å². The molecular weight excluding hydrogens is 264 g/mol. The van der Waals surface area contributed by atoms with E-state index in [4.69, 9.17) is 0 Å². The van der Waals surface area contributed by atoms with Crippen LogP contribution >= 0.6 is 0 Å². The number of carbonyl (C=O) groups is 1.